The fourth-order valence-corrected chi connectivity index (χ4v) is 1.51. The lowest BCUT2D eigenvalue weighted by Gasteiger charge is -2.18. The van der Waals surface area contributed by atoms with Gasteiger partial charge in [-0.25, -0.2) is 4.98 Å². The highest BCUT2D eigenvalue weighted by atomic mass is 16.3. The third-order valence-electron chi connectivity index (χ3n) is 2.72. The molecule has 0 fully saturated rings. The van der Waals surface area contributed by atoms with E-state index in [4.69, 9.17) is 0 Å². The molecule has 0 unspecified atom stereocenters. The fraction of sp³-hybridized carbons (Fsp3) is 0.583. The van der Waals surface area contributed by atoms with Crippen LogP contribution in [0.15, 0.2) is 12.1 Å². The van der Waals surface area contributed by atoms with Gasteiger partial charge < -0.3 is 10.0 Å². The van der Waals surface area contributed by atoms with Crippen molar-refractivity contribution in [2.24, 2.45) is 0 Å². The van der Waals surface area contributed by atoms with Crippen molar-refractivity contribution < 1.29 is 5.11 Å². The van der Waals surface area contributed by atoms with Crippen molar-refractivity contribution in [2.75, 3.05) is 18.5 Å². The Bertz CT molecular complexity index is 325. The highest BCUT2D eigenvalue weighted by Gasteiger charge is 2.10. The van der Waals surface area contributed by atoms with Gasteiger partial charge in [0.1, 0.15) is 5.82 Å². The molecule has 1 atom stereocenters. The molecule has 0 aromatic carbocycles. The minimum Gasteiger partial charge on any atom is -0.388 e. The molecule has 15 heavy (non-hydrogen) atoms. The van der Waals surface area contributed by atoms with E-state index in [9.17, 15) is 5.11 Å². The Morgan fingerprint density at radius 2 is 2.07 bits per heavy atom. The molecule has 1 heterocycles. The van der Waals surface area contributed by atoms with Crippen LogP contribution in [0.3, 0.4) is 0 Å². The second-order valence-corrected chi connectivity index (χ2v) is 3.78. The summed E-state index contributed by atoms with van der Waals surface area (Å²) in [5, 5.41) is 9.74. The summed E-state index contributed by atoms with van der Waals surface area (Å²) in [5.41, 5.74) is 1.85. The van der Waals surface area contributed by atoms with Crippen LogP contribution < -0.4 is 4.90 Å². The van der Waals surface area contributed by atoms with E-state index >= 15 is 0 Å². The van der Waals surface area contributed by atoms with Gasteiger partial charge in [-0.15, -0.1) is 0 Å². The molecule has 84 valence electrons. The molecule has 1 rings (SSSR count). The van der Waals surface area contributed by atoms with E-state index in [0.717, 1.165) is 30.0 Å². The van der Waals surface area contributed by atoms with Crippen LogP contribution in [0.1, 0.15) is 37.6 Å². The Morgan fingerprint density at radius 3 is 2.53 bits per heavy atom. The maximum Gasteiger partial charge on any atom is 0.128 e. The second-order valence-electron chi connectivity index (χ2n) is 3.78. The summed E-state index contributed by atoms with van der Waals surface area (Å²) in [4.78, 5) is 6.56. The van der Waals surface area contributed by atoms with Gasteiger partial charge in [0.15, 0.2) is 0 Å². The van der Waals surface area contributed by atoms with Crippen molar-refractivity contribution in [3.8, 4) is 0 Å². The maximum atomic E-state index is 9.74. The summed E-state index contributed by atoms with van der Waals surface area (Å²) < 4.78 is 0. The summed E-state index contributed by atoms with van der Waals surface area (Å²) in [5.74, 6) is 0.960. The normalized spacial score (nSPS) is 12.6. The number of anilines is 1. The predicted octanol–water partition coefficient (Wildman–Crippen LogP) is 2.29. The van der Waals surface area contributed by atoms with Crippen LogP contribution >= 0.6 is 0 Å². The van der Waals surface area contributed by atoms with Crippen LogP contribution in [0, 0.1) is 6.92 Å². The van der Waals surface area contributed by atoms with Crippen molar-refractivity contribution >= 4 is 5.82 Å². The van der Waals surface area contributed by atoms with Crippen LogP contribution in [-0.2, 0) is 0 Å². The lowest BCUT2D eigenvalue weighted by molar-refractivity contribution is 0.172. The van der Waals surface area contributed by atoms with Crippen molar-refractivity contribution in [1.29, 1.82) is 0 Å². The lowest BCUT2D eigenvalue weighted by atomic mass is 10.1. The number of aliphatic hydroxyl groups excluding tert-OH is 1. The van der Waals surface area contributed by atoms with E-state index < -0.39 is 6.10 Å². The van der Waals surface area contributed by atoms with Gasteiger partial charge in [0.25, 0.3) is 0 Å². The SMILES string of the molecule is CC[C@@H](O)c1ccc(N(C)CC)nc1C. The molecule has 0 amide bonds. The average molecular weight is 208 g/mol. The molecule has 1 N–H and O–H groups in total. The van der Waals surface area contributed by atoms with Crippen LogP contribution in [0.5, 0.6) is 0 Å². The minimum absolute atomic E-state index is 0.390. The zero-order chi connectivity index (χ0) is 11.4. The molecule has 3 nitrogen and oxygen atoms in total. The Labute approximate surface area is 91.8 Å². The molecule has 0 saturated heterocycles. The van der Waals surface area contributed by atoms with Crippen molar-refractivity contribution in [3.63, 3.8) is 0 Å². The Morgan fingerprint density at radius 1 is 1.40 bits per heavy atom. The zero-order valence-electron chi connectivity index (χ0n) is 9.99. The van der Waals surface area contributed by atoms with Crippen LogP contribution in [-0.4, -0.2) is 23.7 Å². The first-order chi connectivity index (χ1) is 7.10. The highest BCUT2D eigenvalue weighted by Crippen LogP contribution is 2.21. The third kappa shape index (κ3) is 2.69. The largest absolute Gasteiger partial charge is 0.388 e. The number of nitrogens with zero attached hydrogens (tertiary/aromatic N) is 2. The van der Waals surface area contributed by atoms with Crippen molar-refractivity contribution in [3.05, 3.63) is 23.4 Å². The van der Waals surface area contributed by atoms with E-state index in [0.29, 0.717) is 0 Å². The van der Waals surface area contributed by atoms with E-state index in [1.54, 1.807) is 0 Å². The van der Waals surface area contributed by atoms with Crippen LogP contribution in [0.25, 0.3) is 0 Å². The van der Waals surface area contributed by atoms with Gasteiger partial charge in [-0.05, 0) is 26.3 Å². The first kappa shape index (κ1) is 12.0. The number of aliphatic hydroxyl groups is 1. The zero-order valence-corrected chi connectivity index (χ0v) is 9.99. The summed E-state index contributed by atoms with van der Waals surface area (Å²) in [6.07, 6.45) is 0.337. The van der Waals surface area contributed by atoms with Gasteiger partial charge in [-0.1, -0.05) is 13.0 Å². The lowest BCUT2D eigenvalue weighted by Crippen LogP contribution is -2.18. The number of hydrogen-bond acceptors (Lipinski definition) is 3. The first-order valence-electron chi connectivity index (χ1n) is 5.46. The van der Waals surface area contributed by atoms with E-state index in [-0.39, 0.29) is 0 Å². The van der Waals surface area contributed by atoms with Gasteiger partial charge in [0.2, 0.25) is 0 Å². The Kier molecular flexibility index (Phi) is 4.09. The quantitative estimate of drug-likeness (QED) is 0.824. The van der Waals surface area contributed by atoms with Gasteiger partial charge in [-0.2, -0.15) is 0 Å². The monoisotopic (exact) mass is 208 g/mol. The molecule has 0 saturated carbocycles. The summed E-state index contributed by atoms with van der Waals surface area (Å²) in [7, 11) is 2.01. The number of hydrogen-bond donors (Lipinski definition) is 1. The van der Waals surface area contributed by atoms with E-state index in [1.165, 1.54) is 0 Å². The molecular weight excluding hydrogens is 188 g/mol. The second kappa shape index (κ2) is 5.12. The summed E-state index contributed by atoms with van der Waals surface area (Å²) in [6.45, 7) is 6.94. The van der Waals surface area contributed by atoms with E-state index in [2.05, 4.69) is 16.8 Å². The van der Waals surface area contributed by atoms with Crippen LogP contribution in [0.4, 0.5) is 5.82 Å². The van der Waals surface area contributed by atoms with Gasteiger partial charge in [0.05, 0.1) is 6.10 Å². The molecule has 0 aliphatic rings. The summed E-state index contributed by atoms with van der Waals surface area (Å²) in [6, 6.07) is 3.93. The molecule has 3 heteroatoms. The summed E-state index contributed by atoms with van der Waals surface area (Å²) >= 11 is 0. The standard InChI is InChI=1S/C12H20N2O/c1-5-11(15)10-7-8-12(13-9(10)3)14(4)6-2/h7-8,11,15H,5-6H2,1-4H3/t11-/m1/s1. The molecular formula is C12H20N2O. The maximum absolute atomic E-state index is 9.74. The highest BCUT2D eigenvalue weighted by molar-refractivity contribution is 5.41. The molecule has 0 aliphatic heterocycles. The van der Waals surface area contributed by atoms with Crippen molar-refractivity contribution in [1.82, 2.24) is 4.98 Å². The Hall–Kier alpha value is -1.09. The molecule has 0 radical (unpaired) electrons. The number of rotatable bonds is 4. The molecule has 0 bridgehead atoms. The molecule has 1 aromatic heterocycles. The van der Waals surface area contributed by atoms with Gasteiger partial charge in [-0.3, -0.25) is 0 Å². The minimum atomic E-state index is -0.390. The molecule has 1 aromatic rings. The van der Waals surface area contributed by atoms with E-state index in [1.807, 2.05) is 33.0 Å². The smallest absolute Gasteiger partial charge is 0.128 e. The number of aryl methyl sites for hydroxylation is 1. The predicted molar refractivity (Wildman–Crippen MR) is 63.2 cm³/mol. The third-order valence-corrected chi connectivity index (χ3v) is 2.72. The number of pyridine rings is 1. The van der Waals surface area contributed by atoms with Gasteiger partial charge >= 0.3 is 0 Å². The topological polar surface area (TPSA) is 36.4 Å². The first-order valence-corrected chi connectivity index (χ1v) is 5.46. The number of aromatic nitrogens is 1. The van der Waals surface area contributed by atoms with Crippen molar-refractivity contribution in [2.45, 2.75) is 33.3 Å². The van der Waals surface area contributed by atoms with Gasteiger partial charge in [0, 0.05) is 24.8 Å². The molecule has 0 aliphatic carbocycles. The van der Waals surface area contributed by atoms with Crippen LogP contribution in [0.2, 0.25) is 0 Å². The average Bonchev–Trinajstić information content (AvgIpc) is 2.26. The Balaban J connectivity index is 2.97. The molecule has 0 spiro atoms. The fourth-order valence-electron chi connectivity index (χ4n) is 1.51.